The molecule has 0 aromatic carbocycles. The molecule has 7 heteroatoms. The van der Waals surface area contributed by atoms with E-state index >= 15 is 0 Å². The smallest absolute Gasteiger partial charge is 0.279 e. The van der Waals surface area contributed by atoms with Crippen LogP contribution in [0, 0.1) is 5.92 Å². The lowest BCUT2D eigenvalue weighted by molar-refractivity contribution is -0.132. The Hall–Kier alpha value is -2.15. The molecule has 1 atom stereocenters. The van der Waals surface area contributed by atoms with E-state index in [-0.39, 0.29) is 23.6 Å². The van der Waals surface area contributed by atoms with Gasteiger partial charge in [0.05, 0.1) is 10.8 Å². The second-order valence-corrected chi connectivity index (χ2v) is 8.03. The first-order chi connectivity index (χ1) is 12.6. The number of fused-ring (bicyclic) bond motifs is 1. The number of piperidine rings is 1. The van der Waals surface area contributed by atoms with E-state index in [2.05, 4.69) is 17.4 Å². The first-order valence-corrected chi connectivity index (χ1v) is 10.0. The number of hydrogen-bond acceptors (Lipinski definition) is 4. The predicted octanol–water partition coefficient (Wildman–Crippen LogP) is 2.20. The quantitative estimate of drug-likeness (QED) is 0.483. The van der Waals surface area contributed by atoms with E-state index in [0.29, 0.717) is 24.4 Å². The molecule has 1 aliphatic carbocycles. The summed E-state index contributed by atoms with van der Waals surface area (Å²) in [5.74, 6) is -0.996. The zero-order valence-electron chi connectivity index (χ0n) is 14.9. The Morgan fingerprint density at radius 3 is 2.77 bits per heavy atom. The van der Waals surface area contributed by atoms with Crippen LogP contribution in [-0.2, 0) is 22.4 Å². The third-order valence-electron chi connectivity index (χ3n) is 5.05. The lowest BCUT2D eigenvalue weighted by Gasteiger charge is -2.31. The molecule has 2 heterocycles. The van der Waals surface area contributed by atoms with Gasteiger partial charge in [0.15, 0.2) is 0 Å². The molecule has 3 amide bonds. The normalized spacial score (nSPS) is 19.8. The molecule has 0 bridgehead atoms. The molecule has 1 aliphatic heterocycles. The van der Waals surface area contributed by atoms with E-state index in [1.807, 2.05) is 6.07 Å². The maximum absolute atomic E-state index is 12.4. The van der Waals surface area contributed by atoms with Crippen LogP contribution in [0.1, 0.15) is 52.2 Å². The minimum absolute atomic E-state index is 0.161. The van der Waals surface area contributed by atoms with Crippen molar-refractivity contribution < 1.29 is 14.4 Å². The fourth-order valence-electron chi connectivity index (χ4n) is 3.58. The number of hydrazine groups is 1. The number of thiophene rings is 1. The molecule has 1 saturated heterocycles. The largest absolute Gasteiger partial charge is 0.338 e. The van der Waals surface area contributed by atoms with Crippen LogP contribution in [0.15, 0.2) is 18.7 Å². The van der Waals surface area contributed by atoms with Crippen molar-refractivity contribution in [2.75, 3.05) is 13.1 Å². The highest BCUT2D eigenvalue weighted by Gasteiger charge is 2.28. The Balaban J connectivity index is 1.53. The van der Waals surface area contributed by atoms with Crippen LogP contribution in [0.4, 0.5) is 0 Å². The molecule has 1 fully saturated rings. The van der Waals surface area contributed by atoms with Gasteiger partial charge >= 0.3 is 0 Å². The van der Waals surface area contributed by atoms with Gasteiger partial charge in [0, 0.05) is 18.0 Å². The summed E-state index contributed by atoms with van der Waals surface area (Å²) in [6.45, 7) is 4.49. The number of carbonyl (C=O) groups is 3. The summed E-state index contributed by atoms with van der Waals surface area (Å²) < 4.78 is 0. The van der Waals surface area contributed by atoms with E-state index < -0.39 is 0 Å². The first kappa shape index (κ1) is 18.6. The van der Waals surface area contributed by atoms with Crippen LogP contribution in [0.25, 0.3) is 0 Å². The fraction of sp³-hybridized carbons (Fsp3) is 0.526. The highest BCUT2D eigenvalue weighted by Crippen LogP contribution is 2.28. The summed E-state index contributed by atoms with van der Waals surface area (Å²) in [7, 11) is 0. The van der Waals surface area contributed by atoms with Gasteiger partial charge in [-0.05, 0) is 56.2 Å². The fourth-order valence-corrected chi connectivity index (χ4v) is 4.73. The number of rotatable bonds is 3. The Kier molecular flexibility index (Phi) is 6.08. The maximum Gasteiger partial charge on any atom is 0.279 e. The van der Waals surface area contributed by atoms with Crippen LogP contribution in [0.3, 0.4) is 0 Å². The van der Waals surface area contributed by atoms with Gasteiger partial charge in [0.1, 0.15) is 0 Å². The van der Waals surface area contributed by atoms with Crippen LogP contribution < -0.4 is 10.9 Å². The lowest BCUT2D eigenvalue weighted by Crippen LogP contribution is -2.49. The number of likely N-dealkylation sites (tertiary alicyclic amines) is 1. The molecule has 0 spiro atoms. The van der Waals surface area contributed by atoms with Crippen molar-refractivity contribution in [1.29, 1.82) is 0 Å². The standard InChI is InChI=1S/C19H25N3O3S/c1-2-17(23)22-10-6-8-14(12-22)18(24)20-21-19(25)16-11-13-7-4-3-5-9-15(13)26-16/h2,11,14H,1,3-10,12H2,(H,20,24)(H,21,25). The summed E-state index contributed by atoms with van der Waals surface area (Å²) in [5.41, 5.74) is 6.33. The summed E-state index contributed by atoms with van der Waals surface area (Å²) in [6.07, 6.45) is 8.39. The highest BCUT2D eigenvalue weighted by molar-refractivity contribution is 7.14. The van der Waals surface area contributed by atoms with Gasteiger partial charge in [-0.1, -0.05) is 13.0 Å². The van der Waals surface area contributed by atoms with Gasteiger partial charge in [0.25, 0.3) is 5.91 Å². The zero-order valence-corrected chi connectivity index (χ0v) is 15.7. The Bertz CT molecular complexity index is 689. The molecule has 2 N–H and O–H groups in total. The maximum atomic E-state index is 12.4. The van der Waals surface area contributed by atoms with Gasteiger partial charge in [-0.25, -0.2) is 0 Å². The summed E-state index contributed by atoms with van der Waals surface area (Å²) in [5, 5.41) is 0. The van der Waals surface area contributed by atoms with E-state index in [1.165, 1.54) is 47.1 Å². The number of nitrogens with zero attached hydrogens (tertiary/aromatic N) is 1. The Morgan fingerprint density at radius 2 is 1.96 bits per heavy atom. The molecule has 6 nitrogen and oxygen atoms in total. The summed E-state index contributed by atoms with van der Waals surface area (Å²) in [4.78, 5) is 40.0. The molecule has 3 rings (SSSR count). The van der Waals surface area contributed by atoms with E-state index in [0.717, 1.165) is 19.3 Å². The average molecular weight is 375 g/mol. The van der Waals surface area contributed by atoms with Crippen LogP contribution in [0.5, 0.6) is 0 Å². The minimum Gasteiger partial charge on any atom is -0.338 e. The van der Waals surface area contributed by atoms with E-state index in [9.17, 15) is 14.4 Å². The lowest BCUT2D eigenvalue weighted by atomic mass is 9.97. The molecule has 1 aromatic rings. The summed E-state index contributed by atoms with van der Waals surface area (Å²) in [6, 6.07) is 1.96. The Labute approximate surface area is 157 Å². The minimum atomic E-state index is -0.312. The van der Waals surface area contributed by atoms with Gasteiger partial charge < -0.3 is 4.90 Å². The SMILES string of the molecule is C=CC(=O)N1CCCC(C(=O)NNC(=O)c2cc3c(s2)CCCCC3)C1. The second-order valence-electron chi connectivity index (χ2n) is 6.89. The third-order valence-corrected chi connectivity index (χ3v) is 6.28. The van der Waals surface area contributed by atoms with Crippen molar-refractivity contribution in [3.63, 3.8) is 0 Å². The molecular weight excluding hydrogens is 350 g/mol. The van der Waals surface area contributed by atoms with Crippen molar-refractivity contribution in [2.45, 2.75) is 44.9 Å². The van der Waals surface area contributed by atoms with Crippen molar-refractivity contribution in [2.24, 2.45) is 5.92 Å². The molecule has 1 unspecified atom stereocenters. The van der Waals surface area contributed by atoms with Crippen LogP contribution >= 0.6 is 11.3 Å². The van der Waals surface area contributed by atoms with Gasteiger partial charge in [0.2, 0.25) is 11.8 Å². The zero-order chi connectivity index (χ0) is 18.5. The van der Waals surface area contributed by atoms with Crippen LogP contribution in [-0.4, -0.2) is 35.7 Å². The molecule has 0 saturated carbocycles. The summed E-state index contributed by atoms with van der Waals surface area (Å²) >= 11 is 1.52. The van der Waals surface area contributed by atoms with Crippen molar-refractivity contribution in [3.8, 4) is 0 Å². The molecule has 26 heavy (non-hydrogen) atoms. The second kappa shape index (κ2) is 8.49. The van der Waals surface area contributed by atoms with Crippen molar-refractivity contribution in [1.82, 2.24) is 15.8 Å². The van der Waals surface area contributed by atoms with E-state index in [4.69, 9.17) is 0 Å². The third kappa shape index (κ3) is 4.33. The van der Waals surface area contributed by atoms with Gasteiger partial charge in [-0.15, -0.1) is 11.3 Å². The monoisotopic (exact) mass is 375 g/mol. The topological polar surface area (TPSA) is 78.5 Å². The Morgan fingerprint density at radius 1 is 1.15 bits per heavy atom. The number of hydrogen-bond donors (Lipinski definition) is 2. The first-order valence-electron chi connectivity index (χ1n) is 9.21. The van der Waals surface area contributed by atoms with Crippen molar-refractivity contribution >= 4 is 29.1 Å². The van der Waals surface area contributed by atoms with Crippen molar-refractivity contribution in [3.05, 3.63) is 34.0 Å². The van der Waals surface area contributed by atoms with Gasteiger partial charge in [-0.2, -0.15) is 0 Å². The average Bonchev–Trinajstić information content (AvgIpc) is 2.96. The molecular formula is C19H25N3O3S. The van der Waals surface area contributed by atoms with Gasteiger partial charge in [-0.3, -0.25) is 25.2 Å². The van der Waals surface area contributed by atoms with Crippen LogP contribution in [0.2, 0.25) is 0 Å². The number of carbonyl (C=O) groups excluding carboxylic acids is 3. The molecule has 1 aromatic heterocycles. The number of aryl methyl sites for hydroxylation is 2. The highest BCUT2D eigenvalue weighted by atomic mass is 32.1. The predicted molar refractivity (Wildman–Crippen MR) is 101 cm³/mol. The molecule has 2 aliphatic rings. The van der Waals surface area contributed by atoms with E-state index in [1.54, 1.807) is 4.90 Å². The molecule has 140 valence electrons. The number of amides is 3. The molecule has 0 radical (unpaired) electrons. The number of nitrogens with one attached hydrogen (secondary N) is 2.